The Morgan fingerprint density at radius 3 is 3.00 bits per heavy atom. The number of hydrogen-bond donors (Lipinski definition) is 1. The third-order valence-electron chi connectivity index (χ3n) is 4.13. The largest absolute Gasteiger partial charge is 0.381 e. The minimum atomic E-state index is 0.716. The first-order valence-corrected chi connectivity index (χ1v) is 7.37. The van der Waals surface area contributed by atoms with E-state index in [9.17, 15) is 0 Å². The summed E-state index contributed by atoms with van der Waals surface area (Å²) in [6.45, 7) is 7.99. The summed E-state index contributed by atoms with van der Waals surface area (Å²) >= 11 is 0. The Bertz CT molecular complexity index is 249. The van der Waals surface area contributed by atoms with E-state index in [4.69, 9.17) is 9.47 Å². The number of hydrogen-bond acceptors (Lipinski definition) is 3. The lowest BCUT2D eigenvalue weighted by Crippen LogP contribution is -2.28. The Morgan fingerprint density at radius 2 is 2.22 bits per heavy atom. The Labute approximate surface area is 111 Å². The van der Waals surface area contributed by atoms with Gasteiger partial charge in [-0.2, -0.15) is 0 Å². The molecular formula is C15H27NO2. The molecule has 1 saturated heterocycles. The smallest absolute Gasteiger partial charge is 0.0591 e. The number of nitrogens with one attached hydrogen (secondary N) is 1. The highest BCUT2D eigenvalue weighted by Crippen LogP contribution is 2.24. The van der Waals surface area contributed by atoms with Crippen molar-refractivity contribution in [2.45, 2.75) is 26.2 Å². The molecule has 0 spiro atoms. The van der Waals surface area contributed by atoms with E-state index in [1.807, 2.05) is 0 Å². The first-order chi connectivity index (χ1) is 8.86. The van der Waals surface area contributed by atoms with Gasteiger partial charge in [0.1, 0.15) is 0 Å². The van der Waals surface area contributed by atoms with Gasteiger partial charge in [-0.1, -0.05) is 19.1 Å². The summed E-state index contributed by atoms with van der Waals surface area (Å²) in [5.41, 5.74) is 0. The zero-order valence-electron chi connectivity index (χ0n) is 11.6. The van der Waals surface area contributed by atoms with Gasteiger partial charge in [0.15, 0.2) is 0 Å². The Kier molecular flexibility index (Phi) is 6.18. The summed E-state index contributed by atoms with van der Waals surface area (Å²) < 4.78 is 11.1. The van der Waals surface area contributed by atoms with Gasteiger partial charge in [-0.3, -0.25) is 0 Å². The normalized spacial score (nSPS) is 31.9. The van der Waals surface area contributed by atoms with E-state index in [1.165, 1.54) is 19.3 Å². The van der Waals surface area contributed by atoms with Gasteiger partial charge < -0.3 is 14.8 Å². The van der Waals surface area contributed by atoms with Gasteiger partial charge in [-0.05, 0) is 37.0 Å². The van der Waals surface area contributed by atoms with E-state index >= 15 is 0 Å². The van der Waals surface area contributed by atoms with Crippen LogP contribution in [-0.4, -0.2) is 39.5 Å². The van der Waals surface area contributed by atoms with Crippen molar-refractivity contribution in [2.75, 3.05) is 39.5 Å². The lowest BCUT2D eigenvalue weighted by Gasteiger charge is -2.25. The summed E-state index contributed by atoms with van der Waals surface area (Å²) in [6, 6.07) is 0. The zero-order chi connectivity index (χ0) is 12.6. The van der Waals surface area contributed by atoms with Crippen LogP contribution in [0.2, 0.25) is 0 Å². The van der Waals surface area contributed by atoms with Gasteiger partial charge in [0.05, 0.1) is 19.8 Å². The molecule has 0 bridgehead atoms. The molecule has 18 heavy (non-hydrogen) atoms. The molecule has 0 saturated carbocycles. The first-order valence-electron chi connectivity index (χ1n) is 7.37. The van der Waals surface area contributed by atoms with E-state index in [-0.39, 0.29) is 0 Å². The summed E-state index contributed by atoms with van der Waals surface area (Å²) in [5, 5.41) is 3.46. The van der Waals surface area contributed by atoms with Gasteiger partial charge in [0.25, 0.3) is 0 Å². The fourth-order valence-corrected chi connectivity index (χ4v) is 2.67. The maximum atomic E-state index is 5.78. The molecule has 1 heterocycles. The van der Waals surface area contributed by atoms with Gasteiger partial charge in [-0.25, -0.2) is 0 Å². The monoisotopic (exact) mass is 253 g/mol. The molecule has 2 aliphatic rings. The molecule has 2 rings (SSSR count). The van der Waals surface area contributed by atoms with Crippen molar-refractivity contribution >= 4 is 0 Å². The second-order valence-electron chi connectivity index (χ2n) is 5.69. The molecule has 0 aromatic heterocycles. The van der Waals surface area contributed by atoms with E-state index in [1.54, 1.807) is 0 Å². The Morgan fingerprint density at radius 1 is 1.33 bits per heavy atom. The van der Waals surface area contributed by atoms with Crippen molar-refractivity contribution in [1.29, 1.82) is 0 Å². The standard InChI is InChI=1S/C15H27NO2/c1-13-4-2-3-5-15(13)12-18-9-7-16-10-14-6-8-17-11-14/h2-3,13-16H,4-12H2,1H3. The second kappa shape index (κ2) is 7.93. The van der Waals surface area contributed by atoms with Crippen molar-refractivity contribution in [3.05, 3.63) is 12.2 Å². The molecule has 1 aliphatic carbocycles. The highest BCUT2D eigenvalue weighted by Gasteiger charge is 2.18. The van der Waals surface area contributed by atoms with Crippen molar-refractivity contribution < 1.29 is 9.47 Å². The van der Waals surface area contributed by atoms with Crippen LogP contribution < -0.4 is 5.32 Å². The number of ether oxygens (including phenoxy) is 2. The number of allylic oxidation sites excluding steroid dienone is 2. The molecule has 0 aromatic carbocycles. The SMILES string of the molecule is CC1CC=CCC1COCCNCC1CCOC1. The zero-order valence-corrected chi connectivity index (χ0v) is 11.6. The summed E-state index contributed by atoms with van der Waals surface area (Å²) in [4.78, 5) is 0. The third kappa shape index (κ3) is 4.71. The van der Waals surface area contributed by atoms with Gasteiger partial charge in [0.2, 0.25) is 0 Å². The van der Waals surface area contributed by atoms with Gasteiger partial charge in [0, 0.05) is 19.7 Å². The van der Waals surface area contributed by atoms with Crippen LogP contribution in [0.4, 0.5) is 0 Å². The maximum Gasteiger partial charge on any atom is 0.0591 e. The molecule has 3 heteroatoms. The quantitative estimate of drug-likeness (QED) is 0.557. The summed E-state index contributed by atoms with van der Waals surface area (Å²) in [7, 11) is 0. The molecule has 0 radical (unpaired) electrons. The molecule has 104 valence electrons. The van der Waals surface area contributed by atoms with Crippen LogP contribution in [0.5, 0.6) is 0 Å². The lowest BCUT2D eigenvalue weighted by molar-refractivity contribution is 0.0803. The van der Waals surface area contributed by atoms with Crippen LogP contribution in [0.1, 0.15) is 26.2 Å². The van der Waals surface area contributed by atoms with E-state index in [2.05, 4.69) is 24.4 Å². The molecule has 1 fully saturated rings. The predicted octanol–water partition coefficient (Wildman–Crippen LogP) is 2.23. The summed E-state index contributed by atoms with van der Waals surface area (Å²) in [6.07, 6.45) is 8.21. The van der Waals surface area contributed by atoms with Crippen LogP contribution >= 0.6 is 0 Å². The van der Waals surface area contributed by atoms with E-state index in [0.29, 0.717) is 5.92 Å². The van der Waals surface area contributed by atoms with Crippen LogP contribution in [0.15, 0.2) is 12.2 Å². The van der Waals surface area contributed by atoms with Crippen molar-refractivity contribution in [3.8, 4) is 0 Å². The van der Waals surface area contributed by atoms with E-state index in [0.717, 1.165) is 51.4 Å². The van der Waals surface area contributed by atoms with Crippen molar-refractivity contribution in [1.82, 2.24) is 5.32 Å². The fraction of sp³-hybridized carbons (Fsp3) is 0.867. The molecule has 0 aromatic rings. The first kappa shape index (κ1) is 14.0. The molecule has 3 nitrogen and oxygen atoms in total. The van der Waals surface area contributed by atoms with Crippen LogP contribution in [0.25, 0.3) is 0 Å². The Balaban J connectivity index is 1.44. The fourth-order valence-electron chi connectivity index (χ4n) is 2.67. The van der Waals surface area contributed by atoms with Gasteiger partial charge in [-0.15, -0.1) is 0 Å². The van der Waals surface area contributed by atoms with Crippen LogP contribution in [0, 0.1) is 17.8 Å². The summed E-state index contributed by atoms with van der Waals surface area (Å²) in [5.74, 6) is 2.21. The number of rotatable bonds is 7. The second-order valence-corrected chi connectivity index (χ2v) is 5.69. The molecule has 3 atom stereocenters. The minimum Gasteiger partial charge on any atom is -0.381 e. The minimum absolute atomic E-state index is 0.716. The Hall–Kier alpha value is -0.380. The highest BCUT2D eigenvalue weighted by atomic mass is 16.5. The topological polar surface area (TPSA) is 30.5 Å². The third-order valence-corrected chi connectivity index (χ3v) is 4.13. The van der Waals surface area contributed by atoms with Gasteiger partial charge >= 0.3 is 0 Å². The van der Waals surface area contributed by atoms with Crippen molar-refractivity contribution in [2.24, 2.45) is 17.8 Å². The molecule has 1 N–H and O–H groups in total. The van der Waals surface area contributed by atoms with E-state index < -0.39 is 0 Å². The molecule has 1 aliphatic heterocycles. The highest BCUT2D eigenvalue weighted by molar-refractivity contribution is 4.93. The average Bonchev–Trinajstić information content (AvgIpc) is 2.89. The van der Waals surface area contributed by atoms with Crippen molar-refractivity contribution in [3.63, 3.8) is 0 Å². The van der Waals surface area contributed by atoms with Crippen LogP contribution in [-0.2, 0) is 9.47 Å². The maximum absolute atomic E-state index is 5.78. The molecular weight excluding hydrogens is 226 g/mol. The molecule has 0 amide bonds. The molecule has 3 unspecified atom stereocenters. The van der Waals surface area contributed by atoms with Crippen LogP contribution in [0.3, 0.4) is 0 Å². The average molecular weight is 253 g/mol. The lowest BCUT2D eigenvalue weighted by atomic mass is 9.85. The predicted molar refractivity (Wildman–Crippen MR) is 73.6 cm³/mol.